The Labute approximate surface area is 138 Å². The maximum Gasteiger partial charge on any atom is 0.387 e. The molecule has 1 saturated heterocycles. The van der Waals surface area contributed by atoms with Crippen molar-refractivity contribution in [3.05, 3.63) is 42.0 Å². The van der Waals surface area contributed by atoms with E-state index in [9.17, 15) is 18.7 Å². The van der Waals surface area contributed by atoms with Gasteiger partial charge in [0.1, 0.15) is 5.75 Å². The van der Waals surface area contributed by atoms with Crippen LogP contribution in [0.15, 0.2) is 36.4 Å². The molecule has 1 fully saturated rings. The highest BCUT2D eigenvalue weighted by Crippen LogP contribution is 2.35. The van der Waals surface area contributed by atoms with Crippen molar-refractivity contribution in [3.63, 3.8) is 0 Å². The molecule has 0 bridgehead atoms. The Hall–Kier alpha value is -2.21. The summed E-state index contributed by atoms with van der Waals surface area (Å²) in [6, 6.07) is 10.8. The summed E-state index contributed by atoms with van der Waals surface area (Å²) in [5.41, 5.74) is -0.128. The Balaban J connectivity index is 1.94. The molecular formula is C18H19F2NO3. The molecule has 1 heterocycles. The topological polar surface area (TPSA) is 49.8 Å². The first kappa shape index (κ1) is 16.6. The fourth-order valence-electron chi connectivity index (χ4n) is 3.28. The van der Waals surface area contributed by atoms with Gasteiger partial charge in [-0.15, -0.1) is 0 Å². The van der Waals surface area contributed by atoms with E-state index in [0.717, 1.165) is 10.8 Å². The van der Waals surface area contributed by atoms with E-state index >= 15 is 0 Å². The molecule has 0 amide bonds. The van der Waals surface area contributed by atoms with Crippen molar-refractivity contribution >= 4 is 16.7 Å². The fourth-order valence-corrected chi connectivity index (χ4v) is 3.28. The van der Waals surface area contributed by atoms with Gasteiger partial charge in [0.25, 0.3) is 0 Å². The lowest BCUT2D eigenvalue weighted by atomic mass is 9.90. The second-order valence-electron chi connectivity index (χ2n) is 6.47. The number of likely N-dealkylation sites (tertiary alicyclic amines) is 1. The number of rotatable bonds is 5. The molecule has 4 nitrogen and oxygen atoms in total. The number of ether oxygens (including phenoxy) is 1. The predicted octanol–water partition coefficient (Wildman–Crippen LogP) is 3.74. The number of hydrogen-bond donors (Lipinski definition) is 1. The lowest BCUT2D eigenvalue weighted by molar-refractivity contribution is -0.147. The van der Waals surface area contributed by atoms with Gasteiger partial charge in [-0.05, 0) is 36.7 Å². The van der Waals surface area contributed by atoms with Crippen molar-refractivity contribution in [3.8, 4) is 5.75 Å². The average molecular weight is 335 g/mol. The van der Waals surface area contributed by atoms with Gasteiger partial charge < -0.3 is 9.84 Å². The molecule has 1 aliphatic heterocycles. The zero-order valence-electron chi connectivity index (χ0n) is 13.3. The van der Waals surface area contributed by atoms with E-state index in [1.807, 2.05) is 29.2 Å². The Morgan fingerprint density at radius 3 is 2.75 bits per heavy atom. The first-order valence-corrected chi connectivity index (χ1v) is 7.80. The van der Waals surface area contributed by atoms with Gasteiger partial charge in [0.05, 0.1) is 5.41 Å². The minimum Gasteiger partial charge on any atom is -0.481 e. The molecule has 0 saturated carbocycles. The molecular weight excluding hydrogens is 316 g/mol. The lowest BCUT2D eigenvalue weighted by Gasteiger charge is -2.22. The Morgan fingerprint density at radius 1 is 1.33 bits per heavy atom. The van der Waals surface area contributed by atoms with Gasteiger partial charge in [-0.1, -0.05) is 30.3 Å². The largest absolute Gasteiger partial charge is 0.481 e. The number of alkyl halides is 2. The quantitative estimate of drug-likeness (QED) is 0.904. The lowest BCUT2D eigenvalue weighted by Crippen LogP contribution is -2.31. The fraction of sp³-hybridized carbons (Fsp3) is 0.389. The molecule has 0 aliphatic carbocycles. The van der Waals surface area contributed by atoms with Crippen LogP contribution in [0.25, 0.3) is 10.8 Å². The first-order valence-electron chi connectivity index (χ1n) is 7.80. The number of hydrogen-bond acceptors (Lipinski definition) is 3. The van der Waals surface area contributed by atoms with E-state index < -0.39 is 18.0 Å². The van der Waals surface area contributed by atoms with Crippen molar-refractivity contribution in [1.82, 2.24) is 4.90 Å². The van der Waals surface area contributed by atoms with Gasteiger partial charge in [0.2, 0.25) is 0 Å². The van der Waals surface area contributed by atoms with E-state index in [1.165, 1.54) is 0 Å². The van der Waals surface area contributed by atoms with Crippen LogP contribution in [0.2, 0.25) is 0 Å². The molecule has 0 aromatic heterocycles. The molecule has 1 aliphatic rings. The first-order chi connectivity index (χ1) is 11.4. The van der Waals surface area contributed by atoms with Crippen molar-refractivity contribution in [1.29, 1.82) is 0 Å². The molecule has 1 atom stereocenters. The molecule has 0 radical (unpaired) electrons. The maximum absolute atomic E-state index is 12.7. The second-order valence-corrected chi connectivity index (χ2v) is 6.47. The zero-order chi connectivity index (χ0) is 17.3. The van der Waals surface area contributed by atoms with E-state index in [0.29, 0.717) is 31.6 Å². The van der Waals surface area contributed by atoms with Crippen LogP contribution in [0.1, 0.15) is 18.9 Å². The number of nitrogens with zero attached hydrogens (tertiary/aromatic N) is 1. The van der Waals surface area contributed by atoms with Gasteiger partial charge in [-0.25, -0.2) is 0 Å². The van der Waals surface area contributed by atoms with Gasteiger partial charge in [-0.3, -0.25) is 9.69 Å². The minimum absolute atomic E-state index is 0.146. The molecule has 1 unspecified atom stereocenters. The van der Waals surface area contributed by atoms with Crippen LogP contribution in [0.3, 0.4) is 0 Å². The number of carboxylic acids is 1. The molecule has 24 heavy (non-hydrogen) atoms. The van der Waals surface area contributed by atoms with E-state index in [2.05, 4.69) is 4.74 Å². The summed E-state index contributed by atoms with van der Waals surface area (Å²) in [5, 5.41) is 11.1. The van der Waals surface area contributed by atoms with Crippen molar-refractivity contribution in [2.24, 2.45) is 5.41 Å². The summed E-state index contributed by atoms with van der Waals surface area (Å²) in [6.07, 6.45) is 0.540. The number of aliphatic carboxylic acids is 1. The van der Waals surface area contributed by atoms with Crippen LogP contribution in [0.4, 0.5) is 8.78 Å². The summed E-state index contributed by atoms with van der Waals surface area (Å²) in [4.78, 5) is 13.4. The Bertz CT molecular complexity index is 765. The van der Waals surface area contributed by atoms with Crippen molar-refractivity contribution < 1.29 is 23.4 Å². The van der Waals surface area contributed by atoms with Crippen LogP contribution < -0.4 is 4.74 Å². The van der Waals surface area contributed by atoms with Crippen LogP contribution in [0.5, 0.6) is 5.75 Å². The third kappa shape index (κ3) is 3.19. The van der Waals surface area contributed by atoms with Gasteiger partial charge in [0.15, 0.2) is 0 Å². The molecule has 2 aromatic rings. The average Bonchev–Trinajstić information content (AvgIpc) is 2.92. The van der Waals surface area contributed by atoms with Gasteiger partial charge in [-0.2, -0.15) is 8.78 Å². The molecule has 1 N–H and O–H groups in total. The number of benzene rings is 2. The summed E-state index contributed by atoms with van der Waals surface area (Å²) in [7, 11) is 0. The van der Waals surface area contributed by atoms with E-state index in [-0.39, 0.29) is 5.75 Å². The summed E-state index contributed by atoms with van der Waals surface area (Å²) >= 11 is 0. The molecule has 2 aromatic carbocycles. The molecule has 3 rings (SSSR count). The third-order valence-electron chi connectivity index (χ3n) is 4.66. The highest BCUT2D eigenvalue weighted by Gasteiger charge is 2.40. The summed E-state index contributed by atoms with van der Waals surface area (Å²) < 4.78 is 30.1. The standard InChI is InChI=1S/C18H19F2NO3/c1-18(16(22)23)8-9-21(11-18)10-14-13-5-3-2-4-12(13)6-7-15(14)24-17(19)20/h2-7,17H,8-11H2,1H3,(H,22,23). The number of carboxylic acid groups (broad SMARTS) is 1. The minimum atomic E-state index is -2.90. The smallest absolute Gasteiger partial charge is 0.387 e. The Kier molecular flexibility index (Phi) is 4.41. The number of fused-ring (bicyclic) bond motifs is 1. The summed E-state index contributed by atoms with van der Waals surface area (Å²) in [6.45, 7) is 0.203. The van der Waals surface area contributed by atoms with Crippen LogP contribution in [-0.4, -0.2) is 35.7 Å². The maximum atomic E-state index is 12.7. The zero-order valence-corrected chi connectivity index (χ0v) is 13.3. The van der Waals surface area contributed by atoms with Crippen LogP contribution >= 0.6 is 0 Å². The van der Waals surface area contributed by atoms with Crippen molar-refractivity contribution in [2.75, 3.05) is 13.1 Å². The number of carbonyl (C=O) groups is 1. The predicted molar refractivity (Wildman–Crippen MR) is 86.2 cm³/mol. The highest BCUT2D eigenvalue weighted by molar-refractivity contribution is 5.87. The molecule has 128 valence electrons. The number of halogens is 2. The molecule has 0 spiro atoms. The second kappa shape index (κ2) is 6.36. The van der Waals surface area contributed by atoms with Crippen LogP contribution in [-0.2, 0) is 11.3 Å². The molecule has 6 heteroatoms. The van der Waals surface area contributed by atoms with E-state index in [4.69, 9.17) is 0 Å². The van der Waals surface area contributed by atoms with Gasteiger partial charge in [0, 0.05) is 18.7 Å². The third-order valence-corrected chi connectivity index (χ3v) is 4.66. The Morgan fingerprint density at radius 2 is 2.08 bits per heavy atom. The van der Waals surface area contributed by atoms with Crippen LogP contribution in [0, 0.1) is 5.41 Å². The normalized spacial score (nSPS) is 21.5. The van der Waals surface area contributed by atoms with Gasteiger partial charge >= 0.3 is 12.6 Å². The summed E-state index contributed by atoms with van der Waals surface area (Å²) in [5.74, 6) is -0.681. The van der Waals surface area contributed by atoms with Crippen molar-refractivity contribution in [2.45, 2.75) is 26.5 Å². The highest BCUT2D eigenvalue weighted by atomic mass is 19.3. The SMILES string of the molecule is CC1(C(=O)O)CCN(Cc2c(OC(F)F)ccc3ccccc23)C1. The monoisotopic (exact) mass is 335 g/mol. The van der Waals surface area contributed by atoms with E-state index in [1.54, 1.807) is 19.1 Å².